The summed E-state index contributed by atoms with van der Waals surface area (Å²) >= 11 is 5.90. The second-order valence-corrected chi connectivity index (χ2v) is 6.62. The van der Waals surface area contributed by atoms with Crippen LogP contribution in [0, 0.1) is 5.92 Å². The number of amides is 1. The number of nitrogens with two attached hydrogens (primary N) is 1. The second-order valence-electron chi connectivity index (χ2n) is 6.19. The molecule has 2 heterocycles. The van der Waals surface area contributed by atoms with E-state index >= 15 is 0 Å². The van der Waals surface area contributed by atoms with Gasteiger partial charge in [0, 0.05) is 29.7 Å². The van der Waals surface area contributed by atoms with E-state index < -0.39 is 0 Å². The number of halogens is 2. The van der Waals surface area contributed by atoms with Gasteiger partial charge in [0.15, 0.2) is 0 Å². The number of hydrogen-bond acceptors (Lipinski definition) is 3. The van der Waals surface area contributed by atoms with Crippen molar-refractivity contribution in [3.05, 3.63) is 41.0 Å². The van der Waals surface area contributed by atoms with Crippen molar-refractivity contribution in [1.29, 1.82) is 0 Å². The highest BCUT2D eigenvalue weighted by Gasteiger charge is 2.27. The molecule has 130 valence electrons. The Labute approximate surface area is 153 Å². The van der Waals surface area contributed by atoms with E-state index in [-0.39, 0.29) is 24.4 Å². The van der Waals surface area contributed by atoms with Crippen LogP contribution in [0.3, 0.4) is 0 Å². The Morgan fingerprint density at radius 3 is 2.79 bits per heavy atom. The Morgan fingerprint density at radius 2 is 2.12 bits per heavy atom. The van der Waals surface area contributed by atoms with Gasteiger partial charge in [0.2, 0.25) is 0 Å². The largest absolute Gasteiger partial charge is 0.337 e. The number of hydrogen-bond donors (Lipinski definition) is 2. The van der Waals surface area contributed by atoms with Crippen molar-refractivity contribution < 1.29 is 4.79 Å². The van der Waals surface area contributed by atoms with E-state index in [0.29, 0.717) is 23.2 Å². The zero-order valence-corrected chi connectivity index (χ0v) is 15.1. The normalized spacial score (nSPS) is 18.8. The van der Waals surface area contributed by atoms with Crippen molar-refractivity contribution in [1.82, 2.24) is 15.1 Å². The summed E-state index contributed by atoms with van der Waals surface area (Å²) in [6.45, 7) is 3.50. The Kier molecular flexibility index (Phi) is 6.27. The lowest BCUT2D eigenvalue weighted by Crippen LogP contribution is -2.45. The van der Waals surface area contributed by atoms with Crippen LogP contribution in [0.5, 0.6) is 0 Å². The molecule has 1 fully saturated rings. The molecular weight excluding hydrogens is 347 g/mol. The SMILES string of the molecule is CC(N)C1CCCN(C(=O)c2cc(-c3ccc(Cl)cc3)n[nH]2)C1.Cl. The van der Waals surface area contributed by atoms with Gasteiger partial charge in [0.1, 0.15) is 5.69 Å². The summed E-state index contributed by atoms with van der Waals surface area (Å²) in [6.07, 6.45) is 2.08. The van der Waals surface area contributed by atoms with Crippen molar-refractivity contribution in [3.63, 3.8) is 0 Å². The van der Waals surface area contributed by atoms with Gasteiger partial charge < -0.3 is 10.6 Å². The minimum absolute atomic E-state index is 0. The molecule has 0 radical (unpaired) electrons. The average Bonchev–Trinajstić information content (AvgIpc) is 3.05. The first-order valence-electron chi connectivity index (χ1n) is 7.91. The number of nitrogens with zero attached hydrogens (tertiary/aromatic N) is 2. The Morgan fingerprint density at radius 1 is 1.42 bits per heavy atom. The van der Waals surface area contributed by atoms with E-state index in [1.807, 2.05) is 36.1 Å². The number of carbonyl (C=O) groups is 1. The standard InChI is InChI=1S/C17H21ClN4O.ClH/c1-11(19)13-3-2-8-22(10-13)17(23)16-9-15(20-21-16)12-4-6-14(18)7-5-12;/h4-7,9,11,13H,2-3,8,10,19H2,1H3,(H,20,21);1H. The fraction of sp³-hybridized carbons (Fsp3) is 0.412. The summed E-state index contributed by atoms with van der Waals surface area (Å²) in [5.41, 5.74) is 8.17. The topological polar surface area (TPSA) is 75.0 Å². The van der Waals surface area contributed by atoms with Gasteiger partial charge in [-0.25, -0.2) is 0 Å². The third kappa shape index (κ3) is 4.09. The molecule has 0 bridgehead atoms. The third-order valence-corrected chi connectivity index (χ3v) is 4.69. The number of benzene rings is 1. The smallest absolute Gasteiger partial charge is 0.271 e. The molecule has 3 rings (SSSR count). The Balaban J connectivity index is 0.00000208. The number of piperidine rings is 1. The first-order chi connectivity index (χ1) is 11.0. The summed E-state index contributed by atoms with van der Waals surface area (Å²) in [5, 5.41) is 7.78. The number of rotatable bonds is 3. The van der Waals surface area contributed by atoms with Gasteiger partial charge in [0.25, 0.3) is 5.91 Å². The highest BCUT2D eigenvalue weighted by atomic mass is 35.5. The number of likely N-dealkylation sites (tertiary alicyclic amines) is 1. The molecule has 24 heavy (non-hydrogen) atoms. The van der Waals surface area contributed by atoms with Crippen molar-refractivity contribution in [3.8, 4) is 11.3 Å². The van der Waals surface area contributed by atoms with Crippen LogP contribution in [0.1, 0.15) is 30.3 Å². The summed E-state index contributed by atoms with van der Waals surface area (Å²) in [4.78, 5) is 14.5. The number of aromatic nitrogens is 2. The van der Waals surface area contributed by atoms with E-state index in [1.54, 1.807) is 6.07 Å². The molecule has 1 aromatic carbocycles. The molecule has 2 atom stereocenters. The van der Waals surface area contributed by atoms with Crippen LogP contribution in [0.25, 0.3) is 11.3 Å². The molecule has 0 saturated carbocycles. The van der Waals surface area contributed by atoms with Crippen molar-refractivity contribution >= 4 is 29.9 Å². The molecule has 5 nitrogen and oxygen atoms in total. The van der Waals surface area contributed by atoms with Crippen LogP contribution in [0.4, 0.5) is 0 Å². The number of aromatic amines is 1. The van der Waals surface area contributed by atoms with E-state index in [9.17, 15) is 4.79 Å². The molecule has 1 aromatic heterocycles. The second kappa shape index (κ2) is 8.01. The third-order valence-electron chi connectivity index (χ3n) is 4.44. The van der Waals surface area contributed by atoms with Gasteiger partial charge in [-0.1, -0.05) is 23.7 Å². The lowest BCUT2D eigenvalue weighted by molar-refractivity contribution is 0.0655. The molecule has 1 saturated heterocycles. The van der Waals surface area contributed by atoms with Crippen LogP contribution in [0.15, 0.2) is 30.3 Å². The number of nitrogens with one attached hydrogen (secondary N) is 1. The quantitative estimate of drug-likeness (QED) is 0.871. The molecule has 0 spiro atoms. The molecule has 1 aliphatic heterocycles. The van der Waals surface area contributed by atoms with E-state index in [4.69, 9.17) is 17.3 Å². The van der Waals surface area contributed by atoms with Crippen LogP contribution in [-0.4, -0.2) is 40.1 Å². The van der Waals surface area contributed by atoms with Gasteiger partial charge in [-0.15, -0.1) is 12.4 Å². The maximum atomic E-state index is 12.7. The van der Waals surface area contributed by atoms with E-state index in [0.717, 1.165) is 30.6 Å². The van der Waals surface area contributed by atoms with Crippen LogP contribution < -0.4 is 5.73 Å². The summed E-state index contributed by atoms with van der Waals surface area (Å²) in [5.74, 6) is 0.356. The highest BCUT2D eigenvalue weighted by Crippen LogP contribution is 2.23. The summed E-state index contributed by atoms with van der Waals surface area (Å²) < 4.78 is 0. The van der Waals surface area contributed by atoms with Crippen molar-refractivity contribution in [2.75, 3.05) is 13.1 Å². The molecule has 3 N–H and O–H groups in total. The Hall–Kier alpha value is -1.56. The summed E-state index contributed by atoms with van der Waals surface area (Å²) in [7, 11) is 0. The van der Waals surface area contributed by atoms with Gasteiger partial charge >= 0.3 is 0 Å². The minimum Gasteiger partial charge on any atom is -0.337 e. The first-order valence-corrected chi connectivity index (χ1v) is 8.28. The number of carbonyl (C=O) groups excluding carboxylic acids is 1. The fourth-order valence-electron chi connectivity index (χ4n) is 2.99. The molecule has 2 aromatic rings. The van der Waals surface area contributed by atoms with Gasteiger partial charge in [-0.3, -0.25) is 9.89 Å². The summed E-state index contributed by atoms with van der Waals surface area (Å²) in [6, 6.07) is 9.30. The molecule has 2 unspecified atom stereocenters. The van der Waals surface area contributed by atoms with Crippen LogP contribution in [0.2, 0.25) is 5.02 Å². The van der Waals surface area contributed by atoms with Crippen LogP contribution in [-0.2, 0) is 0 Å². The predicted molar refractivity (Wildman–Crippen MR) is 98.6 cm³/mol. The Bertz CT molecular complexity index is 684. The first kappa shape index (κ1) is 18.8. The van der Waals surface area contributed by atoms with Crippen molar-refractivity contribution in [2.24, 2.45) is 11.7 Å². The zero-order valence-electron chi connectivity index (χ0n) is 13.5. The number of H-pyrrole nitrogens is 1. The molecule has 7 heteroatoms. The van der Waals surface area contributed by atoms with Crippen LogP contribution >= 0.6 is 24.0 Å². The molecule has 1 aliphatic rings. The van der Waals surface area contributed by atoms with E-state index in [1.165, 1.54) is 0 Å². The highest BCUT2D eigenvalue weighted by molar-refractivity contribution is 6.30. The van der Waals surface area contributed by atoms with Crippen molar-refractivity contribution in [2.45, 2.75) is 25.8 Å². The molecule has 1 amide bonds. The maximum absolute atomic E-state index is 12.7. The lowest BCUT2D eigenvalue weighted by atomic mass is 9.92. The lowest BCUT2D eigenvalue weighted by Gasteiger charge is -2.34. The van der Waals surface area contributed by atoms with Gasteiger partial charge in [0.05, 0.1) is 5.69 Å². The van der Waals surface area contributed by atoms with E-state index in [2.05, 4.69) is 10.2 Å². The molecule has 0 aliphatic carbocycles. The zero-order chi connectivity index (χ0) is 16.4. The average molecular weight is 369 g/mol. The molecular formula is C17H22Cl2N4O. The monoisotopic (exact) mass is 368 g/mol. The fourth-order valence-corrected chi connectivity index (χ4v) is 3.12. The maximum Gasteiger partial charge on any atom is 0.271 e. The minimum atomic E-state index is -0.0111. The van der Waals surface area contributed by atoms with Gasteiger partial charge in [-0.05, 0) is 43.9 Å². The van der Waals surface area contributed by atoms with Gasteiger partial charge in [-0.2, -0.15) is 5.10 Å². The predicted octanol–water partition coefficient (Wildman–Crippen LogP) is 3.35.